The summed E-state index contributed by atoms with van der Waals surface area (Å²) in [5.74, 6) is 0.582. The maximum atomic E-state index is 12.9. The van der Waals surface area contributed by atoms with E-state index in [1.54, 1.807) is 11.3 Å². The number of thiazole rings is 1. The van der Waals surface area contributed by atoms with E-state index in [4.69, 9.17) is 4.98 Å². The number of hydrogen-bond acceptors (Lipinski definition) is 4. The molecule has 1 amide bonds. The summed E-state index contributed by atoms with van der Waals surface area (Å²) in [6.45, 7) is 5.03. The van der Waals surface area contributed by atoms with Crippen molar-refractivity contribution in [2.24, 2.45) is 0 Å². The maximum Gasteiger partial charge on any atom is 0.236 e. The van der Waals surface area contributed by atoms with Crippen LogP contribution < -0.4 is 0 Å². The highest BCUT2D eigenvalue weighted by atomic mass is 32.1. The first-order valence-corrected chi connectivity index (χ1v) is 10.8. The fourth-order valence-corrected chi connectivity index (χ4v) is 5.03. The third-order valence-electron chi connectivity index (χ3n) is 5.54. The van der Waals surface area contributed by atoms with Gasteiger partial charge in [-0.05, 0) is 50.1 Å². The monoisotopic (exact) mass is 393 g/mol. The molecule has 4 rings (SSSR count). The van der Waals surface area contributed by atoms with Crippen molar-refractivity contribution in [2.75, 3.05) is 26.7 Å². The first kappa shape index (κ1) is 19.1. The topological polar surface area (TPSA) is 36.4 Å². The molecule has 1 atom stereocenters. The van der Waals surface area contributed by atoms with Gasteiger partial charge >= 0.3 is 0 Å². The Labute approximate surface area is 170 Å². The zero-order valence-electron chi connectivity index (χ0n) is 16.6. The van der Waals surface area contributed by atoms with Crippen molar-refractivity contribution in [3.63, 3.8) is 0 Å². The van der Waals surface area contributed by atoms with Crippen LogP contribution in [0.4, 0.5) is 0 Å². The predicted molar refractivity (Wildman–Crippen MR) is 116 cm³/mol. The molecule has 0 bridgehead atoms. The van der Waals surface area contributed by atoms with Crippen molar-refractivity contribution in [1.82, 2.24) is 14.8 Å². The Morgan fingerprint density at radius 2 is 2.00 bits per heavy atom. The number of aryl methyl sites for hydroxylation is 1. The highest BCUT2D eigenvalue weighted by Gasteiger charge is 2.27. The van der Waals surface area contributed by atoms with Gasteiger partial charge in [0.1, 0.15) is 0 Å². The molecular weight excluding hydrogens is 366 g/mol. The third-order valence-corrected chi connectivity index (χ3v) is 6.74. The Kier molecular flexibility index (Phi) is 5.74. The van der Waals surface area contributed by atoms with E-state index in [0.717, 1.165) is 38.0 Å². The molecule has 0 aliphatic carbocycles. The van der Waals surface area contributed by atoms with Crippen molar-refractivity contribution < 1.29 is 4.79 Å². The number of carbonyl (C=O) groups is 1. The zero-order chi connectivity index (χ0) is 19.5. The lowest BCUT2D eigenvalue weighted by atomic mass is 9.98. The van der Waals surface area contributed by atoms with Gasteiger partial charge in [-0.25, -0.2) is 4.98 Å². The number of hydrogen-bond donors (Lipinski definition) is 0. The summed E-state index contributed by atoms with van der Waals surface area (Å²) in [7, 11) is 2.03. The number of benzene rings is 2. The van der Waals surface area contributed by atoms with Gasteiger partial charge in [0.2, 0.25) is 5.91 Å². The van der Waals surface area contributed by atoms with Gasteiger partial charge in [0.25, 0.3) is 0 Å². The van der Waals surface area contributed by atoms with Crippen molar-refractivity contribution >= 4 is 27.5 Å². The molecule has 3 aromatic rings. The first-order chi connectivity index (χ1) is 13.6. The van der Waals surface area contributed by atoms with Gasteiger partial charge in [0, 0.05) is 25.6 Å². The number of carbonyl (C=O) groups excluding carboxylic acids is 1. The average Bonchev–Trinajstić information content (AvgIpc) is 3.14. The van der Waals surface area contributed by atoms with Gasteiger partial charge in [-0.15, -0.1) is 11.3 Å². The minimum atomic E-state index is 0.224. The largest absolute Gasteiger partial charge is 0.341 e. The van der Waals surface area contributed by atoms with E-state index >= 15 is 0 Å². The number of likely N-dealkylation sites (N-methyl/N-ethyl adjacent to an activating group) is 1. The standard InChI is InChI=1S/C23H27N3OS/c1-17-8-3-4-9-18(17)14-25(2)16-22(27)26-13-7-10-19(15-26)23-24-20-11-5-6-12-21(20)28-23/h3-6,8-9,11-12,19H,7,10,13-16H2,1-2H3/t19-/m0/s1. The van der Waals surface area contributed by atoms with Gasteiger partial charge < -0.3 is 4.90 Å². The highest BCUT2D eigenvalue weighted by molar-refractivity contribution is 7.18. The van der Waals surface area contributed by atoms with Crippen LogP contribution >= 0.6 is 11.3 Å². The summed E-state index contributed by atoms with van der Waals surface area (Å²) < 4.78 is 1.24. The average molecular weight is 394 g/mol. The van der Waals surface area contributed by atoms with E-state index in [1.807, 2.05) is 18.0 Å². The van der Waals surface area contributed by atoms with Crippen molar-refractivity contribution in [2.45, 2.75) is 32.2 Å². The van der Waals surface area contributed by atoms with Gasteiger partial charge in [-0.1, -0.05) is 36.4 Å². The predicted octanol–water partition coefficient (Wildman–Crippen LogP) is 4.44. The number of nitrogens with zero attached hydrogens (tertiary/aromatic N) is 3. The van der Waals surface area contributed by atoms with Crippen molar-refractivity contribution in [3.05, 3.63) is 64.7 Å². The van der Waals surface area contributed by atoms with Crippen LogP contribution in [-0.4, -0.2) is 47.4 Å². The number of amides is 1. The van der Waals surface area contributed by atoms with E-state index in [9.17, 15) is 4.79 Å². The summed E-state index contributed by atoms with van der Waals surface area (Å²) in [6, 6.07) is 16.7. The third kappa shape index (κ3) is 4.26. The molecule has 0 spiro atoms. The Morgan fingerprint density at radius 1 is 1.21 bits per heavy atom. The smallest absolute Gasteiger partial charge is 0.236 e. The number of likely N-dealkylation sites (tertiary alicyclic amines) is 1. The molecule has 0 unspecified atom stereocenters. The Balaban J connectivity index is 1.38. The molecule has 0 N–H and O–H groups in total. The maximum absolute atomic E-state index is 12.9. The fourth-order valence-electron chi connectivity index (χ4n) is 3.93. The molecule has 28 heavy (non-hydrogen) atoms. The van der Waals surface area contributed by atoms with Crippen LogP contribution in [0.2, 0.25) is 0 Å². The zero-order valence-corrected chi connectivity index (χ0v) is 17.4. The molecule has 146 valence electrons. The second kappa shape index (κ2) is 8.41. The van der Waals surface area contributed by atoms with Gasteiger partial charge in [0.05, 0.1) is 21.8 Å². The van der Waals surface area contributed by atoms with Crippen LogP contribution in [0.3, 0.4) is 0 Å². The first-order valence-electron chi connectivity index (χ1n) is 9.96. The number of piperidine rings is 1. The van der Waals surface area contributed by atoms with Gasteiger partial charge in [-0.2, -0.15) is 0 Å². The molecule has 2 aromatic carbocycles. The number of para-hydroxylation sites is 1. The molecule has 5 heteroatoms. The van der Waals surface area contributed by atoms with Crippen LogP contribution in [0.15, 0.2) is 48.5 Å². The minimum absolute atomic E-state index is 0.224. The minimum Gasteiger partial charge on any atom is -0.341 e. The molecule has 1 aliphatic heterocycles. The summed E-state index contributed by atoms with van der Waals surface area (Å²) in [5.41, 5.74) is 3.63. The van der Waals surface area contributed by atoms with E-state index < -0.39 is 0 Å². The van der Waals surface area contributed by atoms with E-state index in [1.165, 1.54) is 20.8 Å². The lowest BCUT2D eigenvalue weighted by molar-refractivity contribution is -0.133. The molecule has 4 nitrogen and oxygen atoms in total. The lowest BCUT2D eigenvalue weighted by Crippen LogP contribution is -2.43. The molecule has 0 saturated carbocycles. The molecule has 0 radical (unpaired) electrons. The summed E-state index contributed by atoms with van der Waals surface area (Å²) in [4.78, 5) is 21.9. The van der Waals surface area contributed by atoms with Crippen molar-refractivity contribution in [1.29, 1.82) is 0 Å². The Hall–Kier alpha value is -2.24. The van der Waals surface area contributed by atoms with Crippen LogP contribution in [0.1, 0.15) is 34.9 Å². The highest BCUT2D eigenvalue weighted by Crippen LogP contribution is 2.33. The van der Waals surface area contributed by atoms with Crippen LogP contribution in [0.5, 0.6) is 0 Å². The number of rotatable bonds is 5. The number of fused-ring (bicyclic) bond motifs is 1. The Bertz CT molecular complexity index is 934. The fraction of sp³-hybridized carbons (Fsp3) is 0.391. The van der Waals surface area contributed by atoms with Gasteiger partial charge in [0.15, 0.2) is 0 Å². The summed E-state index contributed by atoms with van der Waals surface area (Å²) >= 11 is 1.78. The SMILES string of the molecule is Cc1ccccc1CN(C)CC(=O)N1CCC[C@H](c2nc3ccccc3s2)C1. The molecule has 2 heterocycles. The molecule has 1 fully saturated rings. The molecule has 1 aliphatic rings. The molecular formula is C23H27N3OS. The van der Waals surface area contributed by atoms with E-state index in [2.05, 4.69) is 54.3 Å². The second-order valence-corrected chi connectivity index (χ2v) is 8.86. The lowest BCUT2D eigenvalue weighted by Gasteiger charge is -2.33. The van der Waals surface area contributed by atoms with Crippen LogP contribution in [0, 0.1) is 6.92 Å². The van der Waals surface area contributed by atoms with Crippen LogP contribution in [-0.2, 0) is 11.3 Å². The second-order valence-electron chi connectivity index (χ2n) is 7.80. The number of aromatic nitrogens is 1. The summed E-state index contributed by atoms with van der Waals surface area (Å²) in [6.07, 6.45) is 2.16. The van der Waals surface area contributed by atoms with E-state index in [-0.39, 0.29) is 5.91 Å². The molecule has 1 aromatic heterocycles. The normalized spacial score (nSPS) is 17.4. The van der Waals surface area contributed by atoms with Gasteiger partial charge in [-0.3, -0.25) is 9.69 Å². The Morgan fingerprint density at radius 3 is 2.82 bits per heavy atom. The quantitative estimate of drug-likeness (QED) is 0.643. The van der Waals surface area contributed by atoms with E-state index in [0.29, 0.717) is 12.5 Å². The van der Waals surface area contributed by atoms with Crippen molar-refractivity contribution in [3.8, 4) is 0 Å². The summed E-state index contributed by atoms with van der Waals surface area (Å²) in [5, 5.41) is 1.17. The molecule has 1 saturated heterocycles. The van der Waals surface area contributed by atoms with Crippen LogP contribution in [0.25, 0.3) is 10.2 Å².